The van der Waals surface area contributed by atoms with Crippen LogP contribution in [0.3, 0.4) is 0 Å². The zero-order valence-corrected chi connectivity index (χ0v) is 21.5. The van der Waals surface area contributed by atoms with Crippen LogP contribution in [0.25, 0.3) is 10.9 Å². The number of aromatic amines is 1. The van der Waals surface area contributed by atoms with Gasteiger partial charge < -0.3 is 10.1 Å². The van der Waals surface area contributed by atoms with Crippen molar-refractivity contribution >= 4 is 34.4 Å². The van der Waals surface area contributed by atoms with E-state index >= 15 is 0 Å². The first kappa shape index (κ1) is 24.1. The molecule has 1 aromatic heterocycles. The Labute approximate surface area is 220 Å². The molecule has 4 aromatic rings. The number of hydrogen-bond donors (Lipinski definition) is 3. The first-order valence-corrected chi connectivity index (χ1v) is 12.8. The zero-order chi connectivity index (χ0) is 26.8. The molecule has 2 amide bonds. The van der Waals surface area contributed by atoms with Crippen molar-refractivity contribution in [3.63, 3.8) is 0 Å². The molecule has 4 atom stereocenters. The van der Waals surface area contributed by atoms with Crippen molar-refractivity contribution in [2.75, 3.05) is 4.90 Å². The maximum absolute atomic E-state index is 14.1. The molecule has 4 unspecified atom stereocenters. The van der Waals surface area contributed by atoms with Gasteiger partial charge in [0, 0.05) is 29.6 Å². The number of nitrogens with zero attached hydrogens (tertiary/aromatic N) is 1. The number of imide groups is 1. The van der Waals surface area contributed by atoms with Crippen molar-refractivity contribution in [1.82, 2.24) is 10.3 Å². The standard InChI is InChI=1S/C31H29N3O4/c1-17-9-12-21(13-10-17)34-28(35)25-26(29(34)36)31(30(37)38,15-20-16-32-24-7-5-4-6-22(20)24)33-27(25)23-14-18(2)8-11-19(23)3/h4-14,16,25-27,32-33H,15H2,1-3H3,(H,37,38). The average molecular weight is 508 g/mol. The van der Waals surface area contributed by atoms with E-state index in [1.807, 2.05) is 75.4 Å². The van der Waals surface area contributed by atoms with Crippen LogP contribution in [0.1, 0.15) is 33.9 Å². The number of aryl methyl sites for hydroxylation is 3. The number of anilines is 1. The van der Waals surface area contributed by atoms with Crippen molar-refractivity contribution in [3.05, 3.63) is 101 Å². The van der Waals surface area contributed by atoms with Gasteiger partial charge >= 0.3 is 5.97 Å². The minimum atomic E-state index is -1.68. The second-order valence-corrected chi connectivity index (χ2v) is 10.6. The minimum Gasteiger partial charge on any atom is -0.480 e. The summed E-state index contributed by atoms with van der Waals surface area (Å²) in [5.41, 5.74) is 4.24. The highest BCUT2D eigenvalue weighted by Crippen LogP contribution is 2.51. The number of fused-ring (bicyclic) bond motifs is 2. The molecule has 0 bridgehead atoms. The van der Waals surface area contributed by atoms with Gasteiger partial charge in [-0.05, 0) is 55.7 Å². The molecule has 38 heavy (non-hydrogen) atoms. The normalized spacial score (nSPS) is 24.8. The molecule has 192 valence electrons. The van der Waals surface area contributed by atoms with Gasteiger partial charge in [-0.1, -0.05) is 59.7 Å². The molecule has 3 aromatic carbocycles. The van der Waals surface area contributed by atoms with Crippen LogP contribution in [0.4, 0.5) is 5.69 Å². The third-order valence-corrected chi connectivity index (χ3v) is 8.24. The van der Waals surface area contributed by atoms with Gasteiger partial charge in [-0.2, -0.15) is 0 Å². The Bertz CT molecular complexity index is 1610. The van der Waals surface area contributed by atoms with Crippen molar-refractivity contribution < 1.29 is 19.5 Å². The maximum atomic E-state index is 14.1. The number of rotatable bonds is 5. The van der Waals surface area contributed by atoms with Crippen molar-refractivity contribution in [3.8, 4) is 0 Å². The molecule has 6 rings (SSSR count). The molecule has 3 N–H and O–H groups in total. The second kappa shape index (κ2) is 8.67. The van der Waals surface area contributed by atoms with Crippen LogP contribution >= 0.6 is 0 Å². The molecule has 2 fully saturated rings. The molecule has 7 heteroatoms. The van der Waals surface area contributed by atoms with E-state index in [1.165, 1.54) is 4.90 Å². The van der Waals surface area contributed by atoms with Gasteiger partial charge in [-0.15, -0.1) is 0 Å². The second-order valence-electron chi connectivity index (χ2n) is 10.6. The van der Waals surface area contributed by atoms with Gasteiger partial charge in [-0.3, -0.25) is 19.7 Å². The number of carboxylic acid groups (broad SMARTS) is 1. The summed E-state index contributed by atoms with van der Waals surface area (Å²) in [6.45, 7) is 5.85. The molecule has 0 spiro atoms. The lowest BCUT2D eigenvalue weighted by Gasteiger charge is -2.31. The van der Waals surface area contributed by atoms with Crippen molar-refractivity contribution in [2.45, 2.75) is 38.8 Å². The molecular formula is C31H29N3O4. The molecule has 7 nitrogen and oxygen atoms in total. The molecule has 0 saturated carbocycles. The lowest BCUT2D eigenvalue weighted by Crippen LogP contribution is -2.57. The van der Waals surface area contributed by atoms with E-state index in [9.17, 15) is 19.5 Å². The van der Waals surface area contributed by atoms with Gasteiger partial charge in [-0.25, -0.2) is 4.90 Å². The molecule has 0 aliphatic carbocycles. The van der Waals surface area contributed by atoms with E-state index in [1.54, 1.807) is 18.3 Å². The molecule has 3 heterocycles. The lowest BCUT2D eigenvalue weighted by molar-refractivity contribution is -0.148. The first-order chi connectivity index (χ1) is 18.2. The maximum Gasteiger partial charge on any atom is 0.325 e. The van der Waals surface area contributed by atoms with Gasteiger partial charge in [0.15, 0.2) is 0 Å². The molecular weight excluding hydrogens is 478 g/mol. The van der Waals surface area contributed by atoms with E-state index in [2.05, 4.69) is 10.3 Å². The average Bonchev–Trinajstić information content (AvgIpc) is 3.54. The fourth-order valence-electron chi connectivity index (χ4n) is 6.33. The summed E-state index contributed by atoms with van der Waals surface area (Å²) in [4.78, 5) is 45.8. The van der Waals surface area contributed by atoms with E-state index in [0.29, 0.717) is 5.69 Å². The van der Waals surface area contributed by atoms with Gasteiger partial charge in [0.05, 0.1) is 17.5 Å². The summed E-state index contributed by atoms with van der Waals surface area (Å²) >= 11 is 0. The Kier molecular flexibility index (Phi) is 5.50. The summed E-state index contributed by atoms with van der Waals surface area (Å²) in [7, 11) is 0. The number of para-hydroxylation sites is 1. The van der Waals surface area contributed by atoms with Gasteiger partial charge in [0.1, 0.15) is 5.54 Å². The van der Waals surface area contributed by atoms with E-state index < -0.39 is 35.3 Å². The Balaban J connectivity index is 1.53. The van der Waals surface area contributed by atoms with Gasteiger partial charge in [0.25, 0.3) is 0 Å². The Morgan fingerprint density at radius 3 is 2.39 bits per heavy atom. The van der Waals surface area contributed by atoms with Crippen LogP contribution in [0.15, 0.2) is 72.9 Å². The SMILES string of the molecule is Cc1ccc(N2C(=O)C3C(c4cc(C)ccc4C)NC(Cc4c[nH]c5ccccc45)(C(=O)O)C3C2=O)cc1. The topological polar surface area (TPSA) is 102 Å². The fourth-order valence-corrected chi connectivity index (χ4v) is 6.33. The smallest absolute Gasteiger partial charge is 0.325 e. The Morgan fingerprint density at radius 1 is 0.947 bits per heavy atom. The first-order valence-electron chi connectivity index (χ1n) is 12.8. The van der Waals surface area contributed by atoms with Crippen LogP contribution in [-0.2, 0) is 20.8 Å². The lowest BCUT2D eigenvalue weighted by atomic mass is 9.76. The zero-order valence-electron chi connectivity index (χ0n) is 21.5. The largest absolute Gasteiger partial charge is 0.480 e. The quantitative estimate of drug-likeness (QED) is 0.343. The Morgan fingerprint density at radius 2 is 1.66 bits per heavy atom. The number of amides is 2. The van der Waals surface area contributed by atoms with E-state index in [-0.39, 0.29) is 12.3 Å². The Hall–Kier alpha value is -4.23. The highest BCUT2D eigenvalue weighted by molar-refractivity contribution is 6.24. The molecule has 2 saturated heterocycles. The highest BCUT2D eigenvalue weighted by Gasteiger charge is 2.68. The summed E-state index contributed by atoms with van der Waals surface area (Å²) in [5, 5.41) is 15.1. The van der Waals surface area contributed by atoms with Crippen molar-refractivity contribution in [1.29, 1.82) is 0 Å². The summed E-state index contributed by atoms with van der Waals surface area (Å²) in [6, 6.07) is 20.2. The number of hydrogen-bond acceptors (Lipinski definition) is 4. The number of H-pyrrole nitrogens is 1. The number of benzene rings is 3. The van der Waals surface area contributed by atoms with Crippen LogP contribution in [0.2, 0.25) is 0 Å². The highest BCUT2D eigenvalue weighted by atomic mass is 16.4. The van der Waals surface area contributed by atoms with Gasteiger partial charge in [0.2, 0.25) is 11.8 Å². The summed E-state index contributed by atoms with van der Waals surface area (Å²) < 4.78 is 0. The molecule has 0 radical (unpaired) electrons. The number of carbonyl (C=O) groups is 3. The van der Waals surface area contributed by atoms with Crippen LogP contribution in [-0.4, -0.2) is 33.4 Å². The number of carboxylic acids is 1. The predicted octanol–water partition coefficient (Wildman–Crippen LogP) is 4.61. The monoisotopic (exact) mass is 507 g/mol. The summed E-state index contributed by atoms with van der Waals surface area (Å²) in [5.74, 6) is -3.92. The number of aliphatic carboxylic acids is 1. The third-order valence-electron chi connectivity index (χ3n) is 8.24. The minimum absolute atomic E-state index is 0.0512. The number of carbonyl (C=O) groups excluding carboxylic acids is 2. The predicted molar refractivity (Wildman–Crippen MR) is 145 cm³/mol. The fraction of sp³-hybridized carbons (Fsp3) is 0.258. The van der Waals surface area contributed by atoms with Crippen LogP contribution < -0.4 is 10.2 Å². The number of aromatic nitrogens is 1. The third kappa shape index (κ3) is 3.50. The van der Waals surface area contributed by atoms with E-state index in [0.717, 1.165) is 38.7 Å². The van der Waals surface area contributed by atoms with Crippen LogP contribution in [0.5, 0.6) is 0 Å². The molecule has 2 aliphatic heterocycles. The van der Waals surface area contributed by atoms with E-state index in [4.69, 9.17) is 0 Å². The molecule has 2 aliphatic rings. The number of nitrogens with one attached hydrogen (secondary N) is 2. The van der Waals surface area contributed by atoms with Crippen molar-refractivity contribution in [2.24, 2.45) is 11.8 Å². The van der Waals surface area contributed by atoms with Crippen LogP contribution in [0, 0.1) is 32.6 Å². The summed E-state index contributed by atoms with van der Waals surface area (Å²) in [6.07, 6.45) is 1.85.